The lowest BCUT2D eigenvalue weighted by molar-refractivity contribution is -0.169. The van der Waals surface area contributed by atoms with Crippen molar-refractivity contribution in [1.82, 2.24) is 0 Å². The first kappa shape index (κ1) is 26.2. The largest absolute Gasteiger partial charge is 0.465 e. The number of hydrogen-bond donors (Lipinski definition) is 0. The first-order chi connectivity index (χ1) is 14.5. The first-order valence-electron chi connectivity index (χ1n) is 11.9. The Hall–Kier alpha value is -1.84. The smallest absolute Gasteiger partial charge is 0.322 e. The molecule has 0 amide bonds. The standard InChI is InChI=1S/C26H42O4/c1-4-5-6-7-8-9-10-11-12-16-21-29-24(27)26(2,3)25(28)30-22-17-20-23-18-14-13-15-19-23/h13-15,18-19H,4-12,16-17,20-22H2,1-3H3. The van der Waals surface area contributed by atoms with Crippen molar-refractivity contribution in [2.24, 2.45) is 5.41 Å². The third kappa shape index (κ3) is 11.4. The minimum atomic E-state index is -1.26. The van der Waals surface area contributed by atoms with E-state index in [1.807, 2.05) is 18.2 Å². The average Bonchev–Trinajstić information content (AvgIpc) is 2.75. The van der Waals surface area contributed by atoms with E-state index in [2.05, 4.69) is 19.1 Å². The Labute approximate surface area is 183 Å². The summed E-state index contributed by atoms with van der Waals surface area (Å²) in [7, 11) is 0. The number of carbonyl (C=O) groups excluding carboxylic acids is 2. The van der Waals surface area contributed by atoms with E-state index in [9.17, 15) is 9.59 Å². The Kier molecular flexibility index (Phi) is 13.9. The van der Waals surface area contributed by atoms with Crippen LogP contribution in [-0.2, 0) is 25.5 Å². The number of ether oxygens (including phenoxy) is 2. The molecule has 4 heteroatoms. The molecule has 170 valence electrons. The number of hydrogen-bond acceptors (Lipinski definition) is 4. The number of unbranched alkanes of at least 4 members (excludes halogenated alkanes) is 9. The summed E-state index contributed by atoms with van der Waals surface area (Å²) < 4.78 is 10.7. The number of aryl methyl sites for hydroxylation is 1. The summed E-state index contributed by atoms with van der Waals surface area (Å²) in [4.78, 5) is 24.6. The van der Waals surface area contributed by atoms with Crippen LogP contribution in [0.4, 0.5) is 0 Å². The molecule has 0 saturated heterocycles. The van der Waals surface area contributed by atoms with Crippen LogP contribution in [0.15, 0.2) is 30.3 Å². The second-order valence-corrected chi connectivity index (χ2v) is 8.67. The van der Waals surface area contributed by atoms with Crippen LogP contribution < -0.4 is 0 Å². The van der Waals surface area contributed by atoms with Crippen LogP contribution in [-0.4, -0.2) is 25.2 Å². The molecule has 0 aromatic heterocycles. The topological polar surface area (TPSA) is 52.6 Å². The van der Waals surface area contributed by atoms with Gasteiger partial charge in [0.15, 0.2) is 5.41 Å². The molecular weight excluding hydrogens is 376 g/mol. The van der Waals surface area contributed by atoms with E-state index in [0.29, 0.717) is 13.2 Å². The highest BCUT2D eigenvalue weighted by Crippen LogP contribution is 2.20. The zero-order valence-electron chi connectivity index (χ0n) is 19.4. The van der Waals surface area contributed by atoms with Crippen molar-refractivity contribution in [2.45, 2.75) is 97.8 Å². The molecule has 0 spiro atoms. The van der Waals surface area contributed by atoms with Crippen LogP contribution in [0.5, 0.6) is 0 Å². The molecule has 0 fully saturated rings. The summed E-state index contributed by atoms with van der Waals surface area (Å²) >= 11 is 0. The lowest BCUT2D eigenvalue weighted by Crippen LogP contribution is -2.37. The van der Waals surface area contributed by atoms with Crippen LogP contribution >= 0.6 is 0 Å². The molecule has 1 rings (SSSR count). The van der Waals surface area contributed by atoms with Crippen molar-refractivity contribution >= 4 is 11.9 Å². The lowest BCUT2D eigenvalue weighted by atomic mass is 9.94. The summed E-state index contributed by atoms with van der Waals surface area (Å²) in [5.41, 5.74) is -0.0469. The Morgan fingerprint density at radius 1 is 0.700 bits per heavy atom. The summed E-state index contributed by atoms with van der Waals surface area (Å²) in [5.74, 6) is -1.00. The minimum Gasteiger partial charge on any atom is -0.465 e. The Balaban J connectivity index is 2.08. The van der Waals surface area contributed by atoms with Gasteiger partial charge in [0.05, 0.1) is 13.2 Å². The SMILES string of the molecule is CCCCCCCCCCCCOC(=O)C(C)(C)C(=O)OCCCc1ccccc1. The van der Waals surface area contributed by atoms with Crippen molar-refractivity contribution in [3.8, 4) is 0 Å². The van der Waals surface area contributed by atoms with Gasteiger partial charge in [0.1, 0.15) is 0 Å². The van der Waals surface area contributed by atoms with Crippen molar-refractivity contribution < 1.29 is 19.1 Å². The van der Waals surface area contributed by atoms with Crippen LogP contribution in [0.1, 0.15) is 97.0 Å². The maximum absolute atomic E-state index is 12.3. The van der Waals surface area contributed by atoms with Crippen LogP contribution in [0.2, 0.25) is 0 Å². The molecule has 0 saturated carbocycles. The van der Waals surface area contributed by atoms with E-state index in [0.717, 1.165) is 25.7 Å². The molecule has 0 unspecified atom stereocenters. The molecule has 0 aliphatic carbocycles. The summed E-state index contributed by atoms with van der Waals surface area (Å²) in [6.45, 7) is 6.08. The second kappa shape index (κ2) is 15.9. The van der Waals surface area contributed by atoms with Gasteiger partial charge in [0, 0.05) is 0 Å². The Morgan fingerprint density at radius 3 is 1.70 bits per heavy atom. The first-order valence-corrected chi connectivity index (χ1v) is 11.9. The molecule has 0 heterocycles. The zero-order chi connectivity index (χ0) is 22.1. The normalized spacial score (nSPS) is 11.3. The molecule has 0 aliphatic rings. The van der Waals surface area contributed by atoms with Crippen LogP contribution in [0.3, 0.4) is 0 Å². The molecule has 0 radical (unpaired) electrons. The van der Waals surface area contributed by atoms with Gasteiger partial charge in [0.2, 0.25) is 0 Å². The minimum absolute atomic E-state index is 0.308. The van der Waals surface area contributed by atoms with Crippen molar-refractivity contribution in [3.05, 3.63) is 35.9 Å². The molecular formula is C26H42O4. The molecule has 0 atom stereocenters. The van der Waals surface area contributed by atoms with Gasteiger partial charge in [-0.1, -0.05) is 95.0 Å². The highest BCUT2D eigenvalue weighted by molar-refractivity contribution is 5.99. The van der Waals surface area contributed by atoms with Crippen molar-refractivity contribution in [2.75, 3.05) is 13.2 Å². The van der Waals surface area contributed by atoms with E-state index < -0.39 is 17.4 Å². The third-order valence-electron chi connectivity index (χ3n) is 5.44. The lowest BCUT2D eigenvalue weighted by Gasteiger charge is -2.20. The van der Waals surface area contributed by atoms with Crippen LogP contribution in [0, 0.1) is 5.41 Å². The van der Waals surface area contributed by atoms with Crippen LogP contribution in [0.25, 0.3) is 0 Å². The predicted octanol–water partition coefficient (Wildman–Crippen LogP) is 6.65. The van der Waals surface area contributed by atoms with Crippen molar-refractivity contribution in [3.63, 3.8) is 0 Å². The highest BCUT2D eigenvalue weighted by Gasteiger charge is 2.39. The molecule has 1 aromatic carbocycles. The predicted molar refractivity (Wildman–Crippen MR) is 122 cm³/mol. The summed E-state index contributed by atoms with van der Waals surface area (Å²) in [6.07, 6.45) is 13.9. The highest BCUT2D eigenvalue weighted by atomic mass is 16.6. The third-order valence-corrected chi connectivity index (χ3v) is 5.44. The van der Waals surface area contributed by atoms with Gasteiger partial charge >= 0.3 is 11.9 Å². The Morgan fingerprint density at radius 2 is 1.17 bits per heavy atom. The van der Waals surface area contributed by atoms with E-state index >= 15 is 0 Å². The second-order valence-electron chi connectivity index (χ2n) is 8.67. The van der Waals surface area contributed by atoms with E-state index in [-0.39, 0.29) is 0 Å². The van der Waals surface area contributed by atoms with E-state index in [4.69, 9.17) is 9.47 Å². The van der Waals surface area contributed by atoms with E-state index in [1.165, 1.54) is 56.9 Å². The van der Waals surface area contributed by atoms with Gasteiger partial charge in [-0.15, -0.1) is 0 Å². The van der Waals surface area contributed by atoms with E-state index in [1.54, 1.807) is 13.8 Å². The average molecular weight is 419 g/mol. The fourth-order valence-corrected chi connectivity index (χ4v) is 3.28. The number of esters is 2. The monoisotopic (exact) mass is 418 g/mol. The fraction of sp³-hybridized carbons (Fsp3) is 0.692. The maximum atomic E-state index is 12.3. The molecule has 0 N–H and O–H groups in total. The van der Waals surface area contributed by atoms with Gasteiger partial charge in [-0.05, 0) is 38.7 Å². The summed E-state index contributed by atoms with van der Waals surface area (Å²) in [5, 5.41) is 0. The number of carbonyl (C=O) groups is 2. The molecule has 4 nitrogen and oxygen atoms in total. The quantitative estimate of drug-likeness (QED) is 0.161. The van der Waals surface area contributed by atoms with Gasteiger partial charge in [-0.3, -0.25) is 9.59 Å². The molecule has 30 heavy (non-hydrogen) atoms. The van der Waals surface area contributed by atoms with Crippen molar-refractivity contribution in [1.29, 1.82) is 0 Å². The van der Waals surface area contributed by atoms with Gasteiger partial charge in [-0.25, -0.2) is 0 Å². The molecule has 0 aliphatic heterocycles. The van der Waals surface area contributed by atoms with Gasteiger partial charge in [0.25, 0.3) is 0 Å². The fourth-order valence-electron chi connectivity index (χ4n) is 3.28. The summed E-state index contributed by atoms with van der Waals surface area (Å²) in [6, 6.07) is 10.1. The maximum Gasteiger partial charge on any atom is 0.322 e. The molecule has 0 bridgehead atoms. The van der Waals surface area contributed by atoms with Gasteiger partial charge in [-0.2, -0.15) is 0 Å². The van der Waals surface area contributed by atoms with Gasteiger partial charge < -0.3 is 9.47 Å². The Bertz CT molecular complexity index is 580. The number of benzene rings is 1. The zero-order valence-corrected chi connectivity index (χ0v) is 19.4. The molecule has 1 aromatic rings. The number of rotatable bonds is 17.